The van der Waals surface area contributed by atoms with Gasteiger partial charge in [0.25, 0.3) is 0 Å². The lowest BCUT2D eigenvalue weighted by Gasteiger charge is -2.18. The van der Waals surface area contributed by atoms with Crippen molar-refractivity contribution in [2.75, 3.05) is 6.61 Å². The van der Waals surface area contributed by atoms with Gasteiger partial charge in [-0.15, -0.1) is 13.2 Å². The van der Waals surface area contributed by atoms with Crippen molar-refractivity contribution in [1.82, 2.24) is 4.72 Å². The van der Waals surface area contributed by atoms with E-state index in [0.29, 0.717) is 10.6 Å². The van der Waals surface area contributed by atoms with Crippen LogP contribution in [0.25, 0.3) is 0 Å². The van der Waals surface area contributed by atoms with Crippen LogP contribution in [-0.2, 0) is 26.0 Å². The largest absolute Gasteiger partial charge is 0.573 e. The molecule has 0 amide bonds. The minimum absolute atomic E-state index is 0.0308. The summed E-state index contributed by atoms with van der Waals surface area (Å²) in [6.45, 7) is 1.60. The van der Waals surface area contributed by atoms with Crippen molar-refractivity contribution in [2.45, 2.75) is 30.6 Å². The predicted molar refractivity (Wildman–Crippen MR) is 99.0 cm³/mol. The maximum Gasteiger partial charge on any atom is 0.573 e. The molecule has 1 atom stereocenters. The number of benzene rings is 2. The molecule has 1 unspecified atom stereocenters. The molecule has 0 saturated carbocycles. The fourth-order valence-corrected chi connectivity index (χ4v) is 3.77. The Morgan fingerprint density at radius 3 is 2.31 bits per heavy atom. The molecule has 6 nitrogen and oxygen atoms in total. The zero-order valence-corrected chi connectivity index (χ0v) is 16.6. The zero-order chi connectivity index (χ0) is 21.7. The summed E-state index contributed by atoms with van der Waals surface area (Å²) < 4.78 is 72.8. The van der Waals surface area contributed by atoms with Crippen LogP contribution < -0.4 is 9.46 Å². The first-order valence-electron chi connectivity index (χ1n) is 8.30. The second-order valence-electron chi connectivity index (χ2n) is 5.74. The molecule has 0 aromatic heterocycles. The Labute approximate surface area is 170 Å². The van der Waals surface area contributed by atoms with Gasteiger partial charge in [-0.3, -0.25) is 4.79 Å². The van der Waals surface area contributed by atoms with Gasteiger partial charge in [-0.05, 0) is 42.8 Å². The Balaban J connectivity index is 2.24. The molecule has 0 saturated heterocycles. The van der Waals surface area contributed by atoms with Crippen LogP contribution in [0.2, 0.25) is 5.02 Å². The number of hydrogen-bond donors (Lipinski definition) is 1. The van der Waals surface area contributed by atoms with E-state index in [4.69, 9.17) is 16.3 Å². The van der Waals surface area contributed by atoms with Crippen LogP contribution in [0.15, 0.2) is 53.4 Å². The summed E-state index contributed by atoms with van der Waals surface area (Å²) >= 11 is 6.07. The predicted octanol–water partition coefficient (Wildman–Crippen LogP) is 3.69. The summed E-state index contributed by atoms with van der Waals surface area (Å²) in [4.78, 5) is 11.9. The quantitative estimate of drug-likeness (QED) is 0.619. The van der Waals surface area contributed by atoms with Gasteiger partial charge in [0.05, 0.1) is 11.5 Å². The lowest BCUT2D eigenvalue weighted by atomic mass is 10.1. The maximum atomic E-state index is 12.6. The molecule has 0 heterocycles. The third-order valence-corrected chi connectivity index (χ3v) is 5.47. The molecular formula is C18H17ClF3NO5S. The van der Waals surface area contributed by atoms with Crippen molar-refractivity contribution < 1.29 is 35.9 Å². The van der Waals surface area contributed by atoms with E-state index < -0.39 is 34.1 Å². The topological polar surface area (TPSA) is 81.7 Å². The second-order valence-corrected chi connectivity index (χ2v) is 7.86. The lowest BCUT2D eigenvalue weighted by Crippen LogP contribution is -2.43. The number of rotatable bonds is 8. The van der Waals surface area contributed by atoms with Crippen LogP contribution in [0, 0.1) is 0 Å². The van der Waals surface area contributed by atoms with Gasteiger partial charge < -0.3 is 9.47 Å². The number of hydrogen-bond acceptors (Lipinski definition) is 5. The third-order valence-electron chi connectivity index (χ3n) is 3.62. The molecule has 2 aromatic rings. The van der Waals surface area contributed by atoms with Gasteiger partial charge in [-0.25, -0.2) is 8.42 Å². The molecule has 2 rings (SSSR count). The van der Waals surface area contributed by atoms with E-state index in [2.05, 4.69) is 9.46 Å². The highest BCUT2D eigenvalue weighted by molar-refractivity contribution is 7.89. The van der Waals surface area contributed by atoms with Gasteiger partial charge in [0.1, 0.15) is 11.8 Å². The summed E-state index contributed by atoms with van der Waals surface area (Å²) in [6, 6.07) is 8.87. The van der Waals surface area contributed by atoms with Crippen molar-refractivity contribution in [1.29, 1.82) is 0 Å². The molecule has 0 spiro atoms. The standard InChI is InChI=1S/C18H17ClF3NO5S/c1-2-27-17(24)16(11-12-5-3-4-6-15(12)19)23-29(25,26)14-9-7-13(8-10-14)28-18(20,21)22/h3-10,16,23H,2,11H2,1H3. The molecule has 0 bridgehead atoms. The Bertz CT molecular complexity index is 949. The van der Waals surface area contributed by atoms with Crippen LogP contribution in [0.4, 0.5) is 13.2 Å². The molecule has 0 aliphatic rings. The van der Waals surface area contributed by atoms with Gasteiger partial charge in [0, 0.05) is 11.4 Å². The summed E-state index contributed by atoms with van der Waals surface area (Å²) in [5.41, 5.74) is 0.517. The molecule has 1 N–H and O–H groups in total. The van der Waals surface area contributed by atoms with Gasteiger partial charge >= 0.3 is 12.3 Å². The van der Waals surface area contributed by atoms with Crippen molar-refractivity contribution in [2.24, 2.45) is 0 Å². The van der Waals surface area contributed by atoms with Crippen LogP contribution >= 0.6 is 11.6 Å². The molecule has 0 radical (unpaired) electrons. The molecule has 29 heavy (non-hydrogen) atoms. The van der Waals surface area contributed by atoms with Gasteiger partial charge in [0.2, 0.25) is 10.0 Å². The van der Waals surface area contributed by atoms with Crippen LogP contribution in [0.5, 0.6) is 5.75 Å². The van der Waals surface area contributed by atoms with E-state index in [1.165, 1.54) is 0 Å². The number of ether oxygens (including phenoxy) is 2. The van der Waals surface area contributed by atoms with Crippen LogP contribution in [0.3, 0.4) is 0 Å². The van der Waals surface area contributed by atoms with Crippen molar-refractivity contribution in [3.05, 3.63) is 59.1 Å². The summed E-state index contributed by atoms with van der Waals surface area (Å²) in [6.07, 6.45) is -4.98. The highest BCUT2D eigenvalue weighted by Crippen LogP contribution is 2.24. The first-order valence-corrected chi connectivity index (χ1v) is 10.2. The Morgan fingerprint density at radius 1 is 1.14 bits per heavy atom. The fourth-order valence-electron chi connectivity index (χ4n) is 2.38. The molecule has 0 fully saturated rings. The number of sulfonamides is 1. The number of esters is 1. The van der Waals surface area contributed by atoms with E-state index in [-0.39, 0.29) is 17.9 Å². The number of halogens is 4. The number of carbonyl (C=O) groups excluding carboxylic acids is 1. The Morgan fingerprint density at radius 2 is 1.76 bits per heavy atom. The zero-order valence-electron chi connectivity index (χ0n) is 15.1. The highest BCUT2D eigenvalue weighted by atomic mass is 35.5. The number of alkyl halides is 3. The summed E-state index contributed by atoms with van der Waals surface area (Å²) in [5.74, 6) is -1.39. The fraction of sp³-hybridized carbons (Fsp3) is 0.278. The molecule has 158 valence electrons. The number of carbonyl (C=O) groups is 1. The van der Waals surface area contributed by atoms with Gasteiger partial charge in [0.15, 0.2) is 0 Å². The second kappa shape index (κ2) is 9.47. The first-order chi connectivity index (χ1) is 13.5. The first kappa shape index (κ1) is 23.0. The highest BCUT2D eigenvalue weighted by Gasteiger charge is 2.32. The van der Waals surface area contributed by atoms with E-state index in [9.17, 15) is 26.4 Å². The lowest BCUT2D eigenvalue weighted by molar-refractivity contribution is -0.274. The minimum Gasteiger partial charge on any atom is -0.465 e. The summed E-state index contributed by atoms with van der Waals surface area (Å²) in [5, 5.41) is 0.342. The molecule has 2 aromatic carbocycles. The average Bonchev–Trinajstić information content (AvgIpc) is 2.62. The van der Waals surface area contributed by atoms with Crippen LogP contribution in [0.1, 0.15) is 12.5 Å². The Hall–Kier alpha value is -2.30. The van der Waals surface area contributed by atoms with E-state index >= 15 is 0 Å². The smallest absolute Gasteiger partial charge is 0.465 e. The van der Waals surface area contributed by atoms with E-state index in [1.54, 1.807) is 31.2 Å². The average molecular weight is 452 g/mol. The SMILES string of the molecule is CCOC(=O)C(Cc1ccccc1Cl)NS(=O)(=O)c1ccc(OC(F)(F)F)cc1. The maximum absolute atomic E-state index is 12.6. The summed E-state index contributed by atoms with van der Waals surface area (Å²) in [7, 11) is -4.25. The van der Waals surface area contributed by atoms with Gasteiger partial charge in [-0.2, -0.15) is 4.72 Å². The van der Waals surface area contributed by atoms with Crippen molar-refractivity contribution >= 4 is 27.6 Å². The molecule has 11 heteroatoms. The van der Waals surface area contributed by atoms with Crippen LogP contribution in [-0.4, -0.2) is 33.4 Å². The minimum atomic E-state index is -4.90. The van der Waals surface area contributed by atoms with E-state index in [1.807, 2.05) is 0 Å². The Kier molecular flexibility index (Phi) is 7.50. The van der Waals surface area contributed by atoms with E-state index in [0.717, 1.165) is 24.3 Å². The van der Waals surface area contributed by atoms with Crippen molar-refractivity contribution in [3.8, 4) is 5.75 Å². The molecular weight excluding hydrogens is 435 g/mol. The van der Waals surface area contributed by atoms with Gasteiger partial charge in [-0.1, -0.05) is 29.8 Å². The van der Waals surface area contributed by atoms with Crippen molar-refractivity contribution in [3.63, 3.8) is 0 Å². The number of nitrogens with one attached hydrogen (secondary N) is 1. The molecule has 0 aliphatic heterocycles. The molecule has 0 aliphatic carbocycles. The third kappa shape index (κ3) is 6.91. The monoisotopic (exact) mass is 451 g/mol. The normalized spacial score (nSPS) is 13.0.